The molecule has 4 unspecified atom stereocenters. The van der Waals surface area contributed by atoms with Gasteiger partial charge in [-0.1, -0.05) is 6.92 Å². The fraction of sp³-hybridized carbons (Fsp3) is 1.00. The number of hydrogen-bond donors (Lipinski definition) is 2. The molecule has 2 fully saturated rings. The van der Waals surface area contributed by atoms with Crippen molar-refractivity contribution in [3.05, 3.63) is 0 Å². The van der Waals surface area contributed by atoms with Crippen molar-refractivity contribution in [1.82, 2.24) is 5.32 Å². The first-order chi connectivity index (χ1) is 5.97. The molecule has 13 heavy (non-hydrogen) atoms. The predicted octanol–water partition coefficient (Wildman–Crippen LogP) is 1.08. The van der Waals surface area contributed by atoms with Crippen LogP contribution in [-0.4, -0.2) is 23.7 Å². The number of rotatable bonds is 1. The van der Waals surface area contributed by atoms with Crippen molar-refractivity contribution in [3.63, 3.8) is 0 Å². The molecule has 1 aliphatic carbocycles. The lowest BCUT2D eigenvalue weighted by Gasteiger charge is -2.30. The average Bonchev–Trinajstić information content (AvgIpc) is 2.36. The Hall–Kier alpha value is -0.120. The smallest absolute Gasteiger partial charge is 0.165 e. The van der Waals surface area contributed by atoms with Gasteiger partial charge in [-0.3, -0.25) is 5.32 Å². The summed E-state index contributed by atoms with van der Waals surface area (Å²) in [5.41, 5.74) is -0.247. The van der Waals surface area contributed by atoms with Crippen LogP contribution in [0.15, 0.2) is 0 Å². The van der Waals surface area contributed by atoms with Crippen molar-refractivity contribution < 1.29 is 9.84 Å². The zero-order chi connectivity index (χ0) is 9.69. The van der Waals surface area contributed by atoms with Crippen LogP contribution in [-0.2, 0) is 4.74 Å². The molecule has 0 aromatic carbocycles. The summed E-state index contributed by atoms with van der Waals surface area (Å²) in [6.45, 7) is 4.00. The zero-order valence-corrected chi connectivity index (χ0v) is 8.63. The van der Waals surface area contributed by atoms with Gasteiger partial charge in [-0.15, -0.1) is 0 Å². The maximum atomic E-state index is 9.82. The van der Waals surface area contributed by atoms with E-state index in [1.807, 2.05) is 7.05 Å². The first kappa shape index (κ1) is 9.44. The minimum atomic E-state index is -0.923. The van der Waals surface area contributed by atoms with Gasteiger partial charge in [0.25, 0.3) is 0 Å². The summed E-state index contributed by atoms with van der Waals surface area (Å²) in [5.74, 6) is 0.254. The van der Waals surface area contributed by atoms with Gasteiger partial charge in [0.05, 0.1) is 0 Å². The Morgan fingerprint density at radius 1 is 1.46 bits per heavy atom. The van der Waals surface area contributed by atoms with E-state index in [-0.39, 0.29) is 5.72 Å². The topological polar surface area (TPSA) is 41.5 Å². The molecule has 0 aromatic heterocycles. The highest BCUT2D eigenvalue weighted by Gasteiger charge is 2.56. The van der Waals surface area contributed by atoms with Crippen LogP contribution in [0.5, 0.6) is 0 Å². The Balaban J connectivity index is 2.20. The highest BCUT2D eigenvalue weighted by Crippen LogP contribution is 2.51. The summed E-state index contributed by atoms with van der Waals surface area (Å²) in [5, 5.41) is 13.1. The van der Waals surface area contributed by atoms with Crippen molar-refractivity contribution in [3.8, 4) is 0 Å². The van der Waals surface area contributed by atoms with E-state index in [9.17, 15) is 5.11 Å². The molecule has 1 heterocycles. The Kier molecular flexibility index (Phi) is 1.95. The standard InChI is InChI=1S/C10H19NO2/c1-7-4-8-6-9(2,12)13-10(8,5-7)11-3/h7-8,11-12H,4-6H2,1-3H3. The molecule has 0 radical (unpaired) electrons. The molecule has 1 aliphatic heterocycles. The molecule has 0 spiro atoms. The lowest BCUT2D eigenvalue weighted by molar-refractivity contribution is -0.221. The molecule has 0 aromatic rings. The monoisotopic (exact) mass is 185 g/mol. The van der Waals surface area contributed by atoms with Crippen LogP contribution < -0.4 is 5.32 Å². The summed E-state index contributed by atoms with van der Waals surface area (Å²) in [4.78, 5) is 0. The summed E-state index contributed by atoms with van der Waals surface area (Å²) in [6.07, 6.45) is 2.94. The number of fused-ring (bicyclic) bond motifs is 1. The van der Waals surface area contributed by atoms with E-state index >= 15 is 0 Å². The van der Waals surface area contributed by atoms with E-state index < -0.39 is 5.79 Å². The van der Waals surface area contributed by atoms with E-state index in [1.54, 1.807) is 6.92 Å². The van der Waals surface area contributed by atoms with Crippen LogP contribution in [0.1, 0.15) is 33.1 Å². The molecule has 1 saturated carbocycles. The van der Waals surface area contributed by atoms with Gasteiger partial charge in [-0.25, -0.2) is 0 Å². The Morgan fingerprint density at radius 2 is 2.15 bits per heavy atom. The quantitative estimate of drug-likeness (QED) is 0.642. The molecule has 76 valence electrons. The summed E-state index contributed by atoms with van der Waals surface area (Å²) in [7, 11) is 1.92. The van der Waals surface area contributed by atoms with E-state index in [0.717, 1.165) is 19.3 Å². The normalized spacial score (nSPS) is 55.4. The van der Waals surface area contributed by atoms with Gasteiger partial charge in [0.1, 0.15) is 5.72 Å². The molecule has 1 saturated heterocycles. The van der Waals surface area contributed by atoms with E-state index in [0.29, 0.717) is 11.8 Å². The molecule has 2 aliphatic rings. The highest BCUT2D eigenvalue weighted by molar-refractivity contribution is 5.01. The van der Waals surface area contributed by atoms with Gasteiger partial charge in [0.2, 0.25) is 0 Å². The Morgan fingerprint density at radius 3 is 2.69 bits per heavy atom. The summed E-state index contributed by atoms with van der Waals surface area (Å²) in [6, 6.07) is 0. The van der Waals surface area contributed by atoms with E-state index in [4.69, 9.17) is 4.74 Å². The van der Waals surface area contributed by atoms with Gasteiger partial charge in [-0.05, 0) is 32.7 Å². The van der Waals surface area contributed by atoms with Crippen LogP contribution in [0.2, 0.25) is 0 Å². The van der Waals surface area contributed by atoms with Crippen molar-refractivity contribution in [2.75, 3.05) is 7.05 Å². The molecule has 2 rings (SSSR count). The summed E-state index contributed by atoms with van der Waals surface area (Å²) < 4.78 is 5.72. The van der Waals surface area contributed by atoms with Crippen molar-refractivity contribution in [1.29, 1.82) is 0 Å². The lowest BCUT2D eigenvalue weighted by atomic mass is 9.96. The van der Waals surface area contributed by atoms with Crippen LogP contribution in [0.3, 0.4) is 0 Å². The van der Waals surface area contributed by atoms with Gasteiger partial charge in [0.15, 0.2) is 5.79 Å². The van der Waals surface area contributed by atoms with Crippen LogP contribution >= 0.6 is 0 Å². The van der Waals surface area contributed by atoms with Gasteiger partial charge < -0.3 is 9.84 Å². The Bertz CT molecular complexity index is 217. The fourth-order valence-electron chi connectivity index (χ4n) is 3.07. The lowest BCUT2D eigenvalue weighted by Crippen LogP contribution is -2.46. The first-order valence-corrected chi connectivity index (χ1v) is 5.09. The van der Waals surface area contributed by atoms with Gasteiger partial charge >= 0.3 is 0 Å². The van der Waals surface area contributed by atoms with Crippen molar-refractivity contribution in [2.45, 2.75) is 44.6 Å². The molecule has 4 atom stereocenters. The Labute approximate surface area is 79.5 Å². The molecule has 3 nitrogen and oxygen atoms in total. The third-order valence-corrected chi connectivity index (χ3v) is 3.45. The maximum absolute atomic E-state index is 9.82. The first-order valence-electron chi connectivity index (χ1n) is 5.09. The fourth-order valence-corrected chi connectivity index (χ4v) is 3.07. The highest BCUT2D eigenvalue weighted by atomic mass is 16.7. The van der Waals surface area contributed by atoms with Crippen molar-refractivity contribution >= 4 is 0 Å². The maximum Gasteiger partial charge on any atom is 0.165 e. The van der Waals surface area contributed by atoms with Crippen LogP contribution in [0, 0.1) is 11.8 Å². The van der Waals surface area contributed by atoms with Crippen LogP contribution in [0.25, 0.3) is 0 Å². The number of ether oxygens (including phenoxy) is 1. The number of nitrogens with one attached hydrogen (secondary N) is 1. The minimum absolute atomic E-state index is 0.247. The van der Waals surface area contributed by atoms with Gasteiger partial charge in [0, 0.05) is 12.3 Å². The SMILES string of the molecule is CNC12CC(C)CC1CC(C)(O)O2. The molecular formula is C10H19NO2. The van der Waals surface area contributed by atoms with Gasteiger partial charge in [-0.2, -0.15) is 0 Å². The largest absolute Gasteiger partial charge is 0.366 e. The average molecular weight is 185 g/mol. The number of hydrogen-bond acceptors (Lipinski definition) is 3. The third kappa shape index (κ3) is 1.39. The zero-order valence-electron chi connectivity index (χ0n) is 8.63. The minimum Gasteiger partial charge on any atom is -0.366 e. The van der Waals surface area contributed by atoms with Crippen molar-refractivity contribution in [2.24, 2.45) is 11.8 Å². The van der Waals surface area contributed by atoms with Crippen LogP contribution in [0.4, 0.5) is 0 Å². The molecule has 0 amide bonds. The van der Waals surface area contributed by atoms with E-state index in [1.165, 1.54) is 0 Å². The second-order valence-corrected chi connectivity index (χ2v) is 4.86. The molecule has 3 heteroatoms. The summed E-state index contributed by atoms with van der Waals surface area (Å²) >= 11 is 0. The second-order valence-electron chi connectivity index (χ2n) is 4.86. The van der Waals surface area contributed by atoms with E-state index in [2.05, 4.69) is 12.2 Å². The predicted molar refractivity (Wildman–Crippen MR) is 50.0 cm³/mol. The molecule has 2 N–H and O–H groups in total. The molecule has 0 bridgehead atoms. The third-order valence-electron chi connectivity index (χ3n) is 3.45. The molecular weight excluding hydrogens is 166 g/mol. The second kappa shape index (κ2) is 2.69. The number of aliphatic hydroxyl groups is 1.